The summed E-state index contributed by atoms with van der Waals surface area (Å²) < 4.78 is 18.7. The molecule has 1 unspecified atom stereocenters. The first-order valence-electron chi connectivity index (χ1n) is 5.92. The number of rotatable bonds is 2. The van der Waals surface area contributed by atoms with E-state index in [4.69, 9.17) is 10.00 Å². The number of hydrogen-bond acceptors (Lipinski definition) is 3. The van der Waals surface area contributed by atoms with Gasteiger partial charge in [0.2, 0.25) is 0 Å². The number of nitriles is 1. The summed E-state index contributed by atoms with van der Waals surface area (Å²) in [6.45, 7) is 6.86. The van der Waals surface area contributed by atoms with Crippen molar-refractivity contribution in [3.63, 3.8) is 0 Å². The number of carbonyl (C=O) groups excluding carboxylic acids is 1. The van der Waals surface area contributed by atoms with Crippen molar-refractivity contribution in [1.82, 2.24) is 5.32 Å². The molecule has 0 saturated carbocycles. The molecule has 1 aromatic rings. The molecule has 0 bridgehead atoms. The lowest BCUT2D eigenvalue weighted by molar-refractivity contribution is 0.0507. The highest BCUT2D eigenvalue weighted by Gasteiger charge is 2.19. The van der Waals surface area contributed by atoms with Crippen LogP contribution in [-0.2, 0) is 4.74 Å². The van der Waals surface area contributed by atoms with Crippen LogP contribution in [0.25, 0.3) is 0 Å². The molecule has 0 aromatic heterocycles. The molecule has 102 valence electrons. The lowest BCUT2D eigenvalue weighted by Gasteiger charge is -2.22. The molecule has 1 N–H and O–H groups in total. The molecule has 1 aromatic carbocycles. The Morgan fingerprint density at radius 1 is 1.47 bits per heavy atom. The lowest BCUT2D eigenvalue weighted by Crippen LogP contribution is -2.34. The number of nitrogens with one attached hydrogen (secondary N) is 1. The molecule has 1 amide bonds. The first kappa shape index (κ1) is 15.0. The van der Waals surface area contributed by atoms with Crippen LogP contribution in [-0.4, -0.2) is 11.7 Å². The van der Waals surface area contributed by atoms with E-state index in [9.17, 15) is 9.18 Å². The molecule has 0 aliphatic rings. The van der Waals surface area contributed by atoms with Crippen LogP contribution < -0.4 is 5.32 Å². The first-order valence-corrected chi connectivity index (χ1v) is 5.92. The number of carbonyl (C=O) groups is 1. The summed E-state index contributed by atoms with van der Waals surface area (Å²) in [7, 11) is 0. The fourth-order valence-electron chi connectivity index (χ4n) is 1.51. The number of alkyl carbamates (subject to hydrolysis) is 1. The van der Waals surface area contributed by atoms with Crippen LogP contribution in [0, 0.1) is 17.1 Å². The average molecular weight is 264 g/mol. The number of ether oxygens (including phenoxy) is 1. The number of nitrogens with zero attached hydrogens (tertiary/aromatic N) is 1. The molecule has 0 heterocycles. The van der Waals surface area contributed by atoms with E-state index in [1.165, 1.54) is 18.2 Å². The van der Waals surface area contributed by atoms with Gasteiger partial charge < -0.3 is 10.1 Å². The second-order valence-electron chi connectivity index (χ2n) is 5.22. The molecule has 0 aliphatic carbocycles. The van der Waals surface area contributed by atoms with E-state index in [1.54, 1.807) is 27.7 Å². The van der Waals surface area contributed by atoms with Gasteiger partial charge in [0.25, 0.3) is 0 Å². The van der Waals surface area contributed by atoms with Gasteiger partial charge in [0.05, 0.1) is 17.7 Å². The number of benzene rings is 1. The quantitative estimate of drug-likeness (QED) is 0.891. The van der Waals surface area contributed by atoms with Gasteiger partial charge in [-0.2, -0.15) is 5.26 Å². The zero-order valence-corrected chi connectivity index (χ0v) is 11.5. The lowest BCUT2D eigenvalue weighted by atomic mass is 10.1. The van der Waals surface area contributed by atoms with Crippen LogP contribution in [0.5, 0.6) is 0 Å². The van der Waals surface area contributed by atoms with Crippen molar-refractivity contribution in [3.05, 3.63) is 35.1 Å². The summed E-state index contributed by atoms with van der Waals surface area (Å²) in [4.78, 5) is 11.6. The minimum Gasteiger partial charge on any atom is -0.444 e. The summed E-state index contributed by atoms with van der Waals surface area (Å²) in [5.74, 6) is -0.470. The maximum Gasteiger partial charge on any atom is 0.408 e. The van der Waals surface area contributed by atoms with Crippen LogP contribution in [0.1, 0.15) is 44.9 Å². The molecule has 1 atom stereocenters. The minimum absolute atomic E-state index is 0.255. The molecule has 0 fully saturated rings. The Labute approximate surface area is 112 Å². The molecular weight excluding hydrogens is 247 g/mol. The molecule has 4 nitrogen and oxygen atoms in total. The van der Waals surface area contributed by atoms with Gasteiger partial charge in [0.15, 0.2) is 0 Å². The van der Waals surface area contributed by atoms with Crippen LogP contribution in [0.15, 0.2) is 18.2 Å². The SMILES string of the molecule is CC(NC(=O)OC(C)(C)C)c1cc(C#N)ccc1F. The van der Waals surface area contributed by atoms with Crippen molar-refractivity contribution in [1.29, 1.82) is 5.26 Å². The third kappa shape index (κ3) is 4.59. The maximum atomic E-state index is 13.6. The molecule has 0 aliphatic heterocycles. The summed E-state index contributed by atoms with van der Waals surface area (Å²) in [5.41, 5.74) is -0.0178. The number of hydrogen-bond donors (Lipinski definition) is 1. The van der Waals surface area contributed by atoms with E-state index in [0.29, 0.717) is 5.56 Å². The number of halogens is 1. The summed E-state index contributed by atoms with van der Waals surface area (Å²) in [6.07, 6.45) is -0.623. The summed E-state index contributed by atoms with van der Waals surface area (Å²) in [6, 6.07) is 5.36. The van der Waals surface area contributed by atoms with E-state index in [-0.39, 0.29) is 5.56 Å². The predicted molar refractivity (Wildman–Crippen MR) is 68.9 cm³/mol. The van der Waals surface area contributed by atoms with Gasteiger partial charge in [-0.25, -0.2) is 9.18 Å². The van der Waals surface area contributed by atoms with Gasteiger partial charge in [0.1, 0.15) is 11.4 Å². The third-order valence-electron chi connectivity index (χ3n) is 2.32. The molecule has 19 heavy (non-hydrogen) atoms. The monoisotopic (exact) mass is 264 g/mol. The van der Waals surface area contributed by atoms with E-state index in [0.717, 1.165) is 0 Å². The van der Waals surface area contributed by atoms with Crippen LogP contribution in [0.4, 0.5) is 9.18 Å². The Balaban J connectivity index is 2.81. The van der Waals surface area contributed by atoms with Crippen molar-refractivity contribution in [2.24, 2.45) is 0 Å². The Bertz CT molecular complexity index is 515. The van der Waals surface area contributed by atoms with Crippen molar-refractivity contribution >= 4 is 6.09 Å². The highest BCUT2D eigenvalue weighted by atomic mass is 19.1. The summed E-state index contributed by atoms with van der Waals surface area (Å²) >= 11 is 0. The molecule has 0 saturated heterocycles. The average Bonchev–Trinajstić information content (AvgIpc) is 2.26. The molecule has 0 radical (unpaired) electrons. The van der Waals surface area contributed by atoms with E-state index in [2.05, 4.69) is 5.32 Å². The molecule has 5 heteroatoms. The Morgan fingerprint density at radius 3 is 2.63 bits per heavy atom. The van der Waals surface area contributed by atoms with Crippen molar-refractivity contribution in [2.45, 2.75) is 39.3 Å². The first-order chi connectivity index (χ1) is 8.73. The number of amides is 1. The van der Waals surface area contributed by atoms with Crippen LogP contribution >= 0.6 is 0 Å². The van der Waals surface area contributed by atoms with Gasteiger partial charge in [-0.15, -0.1) is 0 Å². The smallest absolute Gasteiger partial charge is 0.408 e. The maximum absolute atomic E-state index is 13.6. The predicted octanol–water partition coefficient (Wildman–Crippen LogP) is 3.28. The van der Waals surface area contributed by atoms with Crippen molar-refractivity contribution in [3.8, 4) is 6.07 Å². The van der Waals surface area contributed by atoms with Crippen LogP contribution in [0.3, 0.4) is 0 Å². The highest BCUT2D eigenvalue weighted by molar-refractivity contribution is 5.68. The zero-order chi connectivity index (χ0) is 14.6. The van der Waals surface area contributed by atoms with Crippen LogP contribution in [0.2, 0.25) is 0 Å². The fourth-order valence-corrected chi connectivity index (χ4v) is 1.51. The van der Waals surface area contributed by atoms with E-state index < -0.39 is 23.6 Å². The fraction of sp³-hybridized carbons (Fsp3) is 0.429. The second kappa shape index (κ2) is 5.70. The summed E-state index contributed by atoms with van der Waals surface area (Å²) in [5, 5.41) is 11.3. The molecule has 1 rings (SSSR count). The van der Waals surface area contributed by atoms with E-state index >= 15 is 0 Å². The Morgan fingerprint density at radius 2 is 2.11 bits per heavy atom. The van der Waals surface area contributed by atoms with Gasteiger partial charge in [-0.05, 0) is 45.9 Å². The van der Waals surface area contributed by atoms with Gasteiger partial charge in [-0.3, -0.25) is 0 Å². The molecular formula is C14H17FN2O2. The second-order valence-corrected chi connectivity index (χ2v) is 5.22. The van der Waals surface area contributed by atoms with Gasteiger partial charge in [-0.1, -0.05) is 0 Å². The van der Waals surface area contributed by atoms with Crippen molar-refractivity contribution in [2.75, 3.05) is 0 Å². The Kier molecular flexibility index (Phi) is 4.49. The normalized spacial score (nSPS) is 12.4. The zero-order valence-electron chi connectivity index (χ0n) is 11.5. The minimum atomic E-state index is -0.623. The van der Waals surface area contributed by atoms with E-state index in [1.807, 2.05) is 6.07 Å². The van der Waals surface area contributed by atoms with Crippen molar-refractivity contribution < 1.29 is 13.9 Å². The van der Waals surface area contributed by atoms with Gasteiger partial charge in [0, 0.05) is 5.56 Å². The largest absolute Gasteiger partial charge is 0.444 e. The molecule has 0 spiro atoms. The van der Waals surface area contributed by atoms with Gasteiger partial charge >= 0.3 is 6.09 Å². The topological polar surface area (TPSA) is 62.1 Å². The highest BCUT2D eigenvalue weighted by Crippen LogP contribution is 2.19. The Hall–Kier alpha value is -2.09. The standard InChI is InChI=1S/C14H17FN2O2/c1-9(17-13(18)19-14(2,3)4)11-7-10(8-16)5-6-12(11)15/h5-7,9H,1-4H3,(H,17,18). The third-order valence-corrected chi connectivity index (χ3v) is 2.32.